The summed E-state index contributed by atoms with van der Waals surface area (Å²) in [4.78, 5) is 13.1. The second-order valence-corrected chi connectivity index (χ2v) is 7.41. The Bertz CT molecular complexity index is 1060. The summed E-state index contributed by atoms with van der Waals surface area (Å²) in [6, 6.07) is 17.4. The predicted molar refractivity (Wildman–Crippen MR) is 109 cm³/mol. The quantitative estimate of drug-likeness (QED) is 0.678. The number of anilines is 1. The normalized spacial score (nSPS) is 20.6. The number of rotatable bonds is 4. The number of amides is 1. The zero-order chi connectivity index (χ0) is 19.1. The highest BCUT2D eigenvalue weighted by Crippen LogP contribution is 2.44. The van der Waals surface area contributed by atoms with Gasteiger partial charge in [0.05, 0.1) is 28.5 Å². The van der Waals surface area contributed by atoms with Crippen molar-refractivity contribution in [3.63, 3.8) is 0 Å². The summed E-state index contributed by atoms with van der Waals surface area (Å²) in [6.45, 7) is 0. The van der Waals surface area contributed by atoms with Crippen molar-refractivity contribution >= 4 is 28.8 Å². The standard InChI is InChI=1S/C22H18ClN3O2/c23-16-12-14(6-7-15(16)13-4-2-1-3-5-13)25-22(27)21-19-9-8-18(28-19)20(21)17-10-11-24-26-17/h1-7,10-12,18-19H,8-9H2,(H,24,26)(H,25,27)/t18-,19+/m0/s1. The highest BCUT2D eigenvalue weighted by molar-refractivity contribution is 6.33. The Kier molecular flexibility index (Phi) is 4.26. The Morgan fingerprint density at radius 3 is 2.68 bits per heavy atom. The van der Waals surface area contributed by atoms with Gasteiger partial charge in [0.2, 0.25) is 0 Å². The van der Waals surface area contributed by atoms with Crippen LogP contribution in [-0.4, -0.2) is 28.3 Å². The molecule has 2 aliphatic rings. The molecule has 5 rings (SSSR count). The number of H-pyrrole nitrogens is 1. The van der Waals surface area contributed by atoms with Gasteiger partial charge in [-0.1, -0.05) is 48.0 Å². The molecule has 3 heterocycles. The van der Waals surface area contributed by atoms with E-state index in [1.165, 1.54) is 0 Å². The molecule has 2 aliphatic heterocycles. The average molecular weight is 392 g/mol. The summed E-state index contributed by atoms with van der Waals surface area (Å²) in [7, 11) is 0. The summed E-state index contributed by atoms with van der Waals surface area (Å²) in [6.07, 6.45) is 3.26. The van der Waals surface area contributed by atoms with Gasteiger partial charge < -0.3 is 10.1 Å². The zero-order valence-electron chi connectivity index (χ0n) is 15.0. The lowest BCUT2D eigenvalue weighted by Crippen LogP contribution is -2.23. The van der Waals surface area contributed by atoms with Gasteiger partial charge in [-0.15, -0.1) is 0 Å². The molecule has 140 valence electrons. The molecule has 6 heteroatoms. The Hall–Kier alpha value is -2.89. The maximum Gasteiger partial charge on any atom is 0.254 e. The first kappa shape index (κ1) is 17.2. The Balaban J connectivity index is 1.43. The molecule has 0 spiro atoms. The van der Waals surface area contributed by atoms with Gasteiger partial charge in [-0.3, -0.25) is 9.89 Å². The van der Waals surface area contributed by atoms with Gasteiger partial charge in [0.15, 0.2) is 0 Å². The van der Waals surface area contributed by atoms with Crippen LogP contribution in [0.4, 0.5) is 5.69 Å². The Morgan fingerprint density at radius 1 is 1.11 bits per heavy atom. The van der Waals surface area contributed by atoms with Crippen LogP contribution in [-0.2, 0) is 9.53 Å². The monoisotopic (exact) mass is 391 g/mol. The number of hydrogen-bond donors (Lipinski definition) is 2. The van der Waals surface area contributed by atoms with Crippen LogP contribution < -0.4 is 5.32 Å². The molecule has 5 nitrogen and oxygen atoms in total. The van der Waals surface area contributed by atoms with Crippen LogP contribution in [0.1, 0.15) is 18.5 Å². The first-order valence-electron chi connectivity index (χ1n) is 9.26. The predicted octanol–water partition coefficient (Wildman–Crippen LogP) is 4.68. The second-order valence-electron chi connectivity index (χ2n) is 7.00. The third-order valence-electron chi connectivity index (χ3n) is 5.30. The number of ether oxygens (including phenoxy) is 1. The number of aromatic amines is 1. The summed E-state index contributed by atoms with van der Waals surface area (Å²) in [5, 5.41) is 10.6. The maximum absolute atomic E-state index is 13.1. The van der Waals surface area contributed by atoms with Crippen molar-refractivity contribution in [1.82, 2.24) is 10.2 Å². The van der Waals surface area contributed by atoms with Crippen LogP contribution in [0.15, 0.2) is 66.4 Å². The van der Waals surface area contributed by atoms with E-state index in [0.717, 1.165) is 35.2 Å². The number of benzene rings is 2. The number of fused-ring (bicyclic) bond motifs is 2. The minimum Gasteiger partial charge on any atom is -0.365 e. The summed E-state index contributed by atoms with van der Waals surface area (Å²) < 4.78 is 5.97. The van der Waals surface area contributed by atoms with Crippen molar-refractivity contribution in [2.45, 2.75) is 25.0 Å². The first-order valence-corrected chi connectivity index (χ1v) is 9.64. The van der Waals surface area contributed by atoms with Gasteiger partial charge in [0, 0.05) is 23.0 Å². The smallest absolute Gasteiger partial charge is 0.254 e. The molecule has 1 fully saturated rings. The number of nitrogens with one attached hydrogen (secondary N) is 2. The molecule has 0 saturated carbocycles. The number of halogens is 1. The molecule has 0 radical (unpaired) electrons. The Labute approximate surface area is 167 Å². The minimum absolute atomic E-state index is 0.0461. The van der Waals surface area contributed by atoms with E-state index in [1.54, 1.807) is 12.3 Å². The van der Waals surface area contributed by atoms with Crippen molar-refractivity contribution in [3.8, 4) is 11.1 Å². The van der Waals surface area contributed by atoms with Gasteiger partial charge in [-0.2, -0.15) is 5.10 Å². The number of hydrogen-bond acceptors (Lipinski definition) is 3. The first-order chi connectivity index (χ1) is 13.7. The van der Waals surface area contributed by atoms with Gasteiger partial charge in [-0.05, 0) is 36.6 Å². The highest BCUT2D eigenvalue weighted by Gasteiger charge is 2.44. The van der Waals surface area contributed by atoms with E-state index in [9.17, 15) is 4.79 Å². The molecule has 28 heavy (non-hydrogen) atoms. The van der Waals surface area contributed by atoms with E-state index in [1.807, 2.05) is 48.5 Å². The maximum atomic E-state index is 13.1. The van der Waals surface area contributed by atoms with Crippen LogP contribution in [0.3, 0.4) is 0 Å². The lowest BCUT2D eigenvalue weighted by atomic mass is 9.89. The van der Waals surface area contributed by atoms with Crippen LogP contribution in [0.5, 0.6) is 0 Å². The molecule has 0 unspecified atom stereocenters. The highest BCUT2D eigenvalue weighted by atomic mass is 35.5. The summed E-state index contributed by atoms with van der Waals surface area (Å²) in [5.41, 5.74) is 5.07. The van der Waals surface area contributed by atoms with Crippen molar-refractivity contribution < 1.29 is 9.53 Å². The summed E-state index contributed by atoms with van der Waals surface area (Å²) in [5.74, 6) is -0.152. The molecule has 1 aromatic heterocycles. The molecule has 1 amide bonds. The van der Waals surface area contributed by atoms with Crippen LogP contribution in [0, 0.1) is 0 Å². The zero-order valence-corrected chi connectivity index (χ0v) is 15.7. The third-order valence-corrected chi connectivity index (χ3v) is 5.61. The lowest BCUT2D eigenvalue weighted by Gasteiger charge is -2.16. The molecule has 3 aromatic rings. The van der Waals surface area contributed by atoms with Crippen molar-refractivity contribution in [3.05, 3.63) is 77.1 Å². The molecule has 2 N–H and O–H groups in total. The van der Waals surface area contributed by atoms with Crippen LogP contribution in [0.2, 0.25) is 5.02 Å². The second kappa shape index (κ2) is 6.93. The summed E-state index contributed by atoms with van der Waals surface area (Å²) >= 11 is 6.48. The fourth-order valence-corrected chi connectivity index (χ4v) is 4.33. The van der Waals surface area contributed by atoms with Gasteiger partial charge in [-0.25, -0.2) is 0 Å². The molecular formula is C22H18ClN3O2. The van der Waals surface area contributed by atoms with E-state index in [0.29, 0.717) is 16.3 Å². The molecule has 0 aliphatic carbocycles. The Morgan fingerprint density at radius 2 is 1.93 bits per heavy atom. The van der Waals surface area contributed by atoms with E-state index < -0.39 is 0 Å². The SMILES string of the molecule is O=C(Nc1ccc(-c2ccccc2)c(Cl)c1)C1=C(c2ccn[nH]2)[C@@H]2CC[C@H]1O2. The van der Waals surface area contributed by atoms with E-state index >= 15 is 0 Å². The van der Waals surface area contributed by atoms with Crippen molar-refractivity contribution in [1.29, 1.82) is 0 Å². The number of carbonyl (C=O) groups is 1. The van der Waals surface area contributed by atoms with Crippen LogP contribution in [0.25, 0.3) is 16.7 Å². The minimum atomic E-state index is -0.164. The fourth-order valence-electron chi connectivity index (χ4n) is 4.04. The molecule has 1 saturated heterocycles. The van der Waals surface area contributed by atoms with E-state index in [2.05, 4.69) is 15.5 Å². The van der Waals surface area contributed by atoms with E-state index in [-0.39, 0.29) is 18.1 Å². The molecule has 2 bridgehead atoms. The largest absolute Gasteiger partial charge is 0.365 e. The average Bonchev–Trinajstić information content (AvgIpc) is 3.45. The topological polar surface area (TPSA) is 67.0 Å². The van der Waals surface area contributed by atoms with Crippen molar-refractivity contribution in [2.75, 3.05) is 5.32 Å². The molecular weight excluding hydrogens is 374 g/mol. The van der Waals surface area contributed by atoms with E-state index in [4.69, 9.17) is 16.3 Å². The number of nitrogens with zero attached hydrogens (tertiary/aromatic N) is 1. The van der Waals surface area contributed by atoms with Crippen molar-refractivity contribution in [2.24, 2.45) is 0 Å². The number of carbonyl (C=O) groups excluding carboxylic acids is 1. The lowest BCUT2D eigenvalue weighted by molar-refractivity contribution is -0.113. The molecule has 2 aromatic carbocycles. The fraction of sp³-hybridized carbons (Fsp3) is 0.182. The van der Waals surface area contributed by atoms with Gasteiger partial charge in [0.1, 0.15) is 0 Å². The van der Waals surface area contributed by atoms with Crippen LogP contribution >= 0.6 is 11.6 Å². The van der Waals surface area contributed by atoms with Gasteiger partial charge in [0.25, 0.3) is 5.91 Å². The molecule has 2 atom stereocenters. The van der Waals surface area contributed by atoms with Gasteiger partial charge >= 0.3 is 0 Å². The third kappa shape index (κ3) is 2.93. The number of aromatic nitrogens is 2.